The van der Waals surface area contributed by atoms with E-state index >= 15 is 0 Å². The second-order valence-electron chi connectivity index (χ2n) is 17.3. The lowest BCUT2D eigenvalue weighted by atomic mass is 10.0. The molecule has 3 N–H and O–H groups in total. The normalized spacial score (nSPS) is 18.1. The average molecular weight is 922 g/mol. The average Bonchev–Trinajstić information content (AvgIpc) is 3.72. The molecule has 0 radical (unpaired) electrons. The Hall–Kier alpha value is -6.25. The Balaban J connectivity index is 0.747. The van der Waals surface area contributed by atoms with E-state index in [4.69, 9.17) is 21.3 Å². The number of halogens is 1. The Morgan fingerprint density at radius 2 is 1.67 bits per heavy atom. The predicted octanol–water partition coefficient (Wildman–Crippen LogP) is 6.97. The number of anilines is 5. The van der Waals surface area contributed by atoms with Gasteiger partial charge in [-0.25, -0.2) is 9.78 Å². The minimum Gasteiger partial charge on any atom is -0.494 e. The number of piperazine rings is 1. The van der Waals surface area contributed by atoms with Gasteiger partial charge in [0.1, 0.15) is 22.5 Å². The molecule has 4 aromatic carbocycles. The second-order valence-corrected chi connectivity index (χ2v) is 20.0. The van der Waals surface area contributed by atoms with Gasteiger partial charge in [0.15, 0.2) is 11.8 Å². The number of hydrogen-bond acceptors (Lipinski definition) is 12. The second kappa shape index (κ2) is 20.1. The monoisotopic (exact) mass is 921 g/mol. The van der Waals surface area contributed by atoms with E-state index in [1.807, 2.05) is 42.3 Å². The number of hydrogen-bond donors (Lipinski definition) is 3. The molecule has 3 saturated heterocycles. The van der Waals surface area contributed by atoms with Gasteiger partial charge in [-0.2, -0.15) is 4.98 Å². The van der Waals surface area contributed by atoms with E-state index < -0.39 is 6.04 Å². The summed E-state index contributed by atoms with van der Waals surface area (Å²) in [5, 5.41) is 10.8. The highest BCUT2D eigenvalue weighted by molar-refractivity contribution is 7.64. The van der Waals surface area contributed by atoms with Crippen molar-refractivity contribution in [3.8, 4) is 17.6 Å². The van der Waals surface area contributed by atoms with E-state index in [9.17, 15) is 14.4 Å². The largest absolute Gasteiger partial charge is 0.494 e. The van der Waals surface area contributed by atoms with Crippen molar-refractivity contribution in [3.63, 3.8) is 0 Å². The number of ether oxygens (including phenoxy) is 1. The number of nitrogens with zero attached hydrogens (tertiary/aromatic N) is 6. The molecule has 4 aliphatic heterocycles. The van der Waals surface area contributed by atoms with Crippen molar-refractivity contribution in [2.45, 2.75) is 50.9 Å². The zero-order valence-electron chi connectivity index (χ0n) is 37.4. The number of methoxy groups -OCH3 is 1. The Morgan fingerprint density at radius 1 is 0.879 bits per heavy atom. The third-order valence-electron chi connectivity index (χ3n) is 13.0. The molecule has 3 fully saturated rings. The first kappa shape index (κ1) is 44.9. The Kier molecular flexibility index (Phi) is 13.7. The van der Waals surface area contributed by atoms with E-state index in [2.05, 4.69) is 109 Å². The number of piperidine rings is 2. The summed E-state index contributed by atoms with van der Waals surface area (Å²) in [5.41, 5.74) is 7.85. The number of imide groups is 1. The number of aromatic nitrogens is 2. The SMILES string of the molecule is COc1cc(N2CCC(N3CCN(Cc4ccc(C#Cc5cccc6c5CN(C5CCC(=O)NC5=O)C6=C=O)cc4)CC3)CC2)ccc1Nc1ncc(Cl)c(Nc2ccccc2P(C)C)n1. The van der Waals surface area contributed by atoms with E-state index in [-0.39, 0.29) is 26.2 Å². The Labute approximate surface area is 392 Å². The zero-order chi connectivity index (χ0) is 45.7. The summed E-state index contributed by atoms with van der Waals surface area (Å²) in [6.07, 6.45) is 4.43. The van der Waals surface area contributed by atoms with Crippen LogP contribution in [-0.4, -0.2) is 114 Å². The molecule has 1 unspecified atom stereocenters. The van der Waals surface area contributed by atoms with Gasteiger partial charge in [-0.05, 0) is 85.4 Å². The van der Waals surface area contributed by atoms with Crippen LogP contribution >= 0.6 is 19.5 Å². The third-order valence-corrected chi connectivity index (χ3v) is 14.6. The summed E-state index contributed by atoms with van der Waals surface area (Å²) < 4.78 is 5.86. The zero-order valence-corrected chi connectivity index (χ0v) is 39.1. The molecule has 338 valence electrons. The van der Waals surface area contributed by atoms with Crippen LogP contribution in [0.5, 0.6) is 5.75 Å². The first-order valence-electron chi connectivity index (χ1n) is 22.4. The number of carbonyl (C=O) groups excluding carboxylic acids is 3. The minimum atomic E-state index is -0.594. The molecule has 66 heavy (non-hydrogen) atoms. The van der Waals surface area contributed by atoms with Crippen LogP contribution in [0.3, 0.4) is 0 Å². The molecular formula is C51H53ClN9O4P. The highest BCUT2D eigenvalue weighted by Gasteiger charge is 2.38. The summed E-state index contributed by atoms with van der Waals surface area (Å²) >= 11 is 6.54. The van der Waals surface area contributed by atoms with Crippen molar-refractivity contribution < 1.29 is 19.1 Å². The molecule has 2 amide bonds. The van der Waals surface area contributed by atoms with Gasteiger partial charge < -0.3 is 25.2 Å². The number of carbonyl (C=O) groups is 2. The molecule has 1 atom stereocenters. The summed E-state index contributed by atoms with van der Waals surface area (Å²) in [5.74, 6) is 9.68. The highest BCUT2D eigenvalue weighted by Crippen LogP contribution is 2.37. The van der Waals surface area contributed by atoms with Crippen molar-refractivity contribution in [3.05, 3.63) is 124 Å². The predicted molar refractivity (Wildman–Crippen MR) is 263 cm³/mol. The maximum Gasteiger partial charge on any atom is 0.249 e. The Bertz CT molecular complexity index is 2740. The van der Waals surface area contributed by atoms with Crippen LogP contribution in [0.15, 0.2) is 91.1 Å². The van der Waals surface area contributed by atoms with Crippen molar-refractivity contribution in [2.24, 2.45) is 0 Å². The lowest BCUT2D eigenvalue weighted by Crippen LogP contribution is -2.53. The molecular weight excluding hydrogens is 869 g/mol. The molecule has 9 rings (SSSR count). The Morgan fingerprint density at radius 3 is 2.41 bits per heavy atom. The van der Waals surface area contributed by atoms with Crippen molar-refractivity contribution in [1.29, 1.82) is 0 Å². The molecule has 1 aromatic heterocycles. The fraction of sp³-hybridized carbons (Fsp3) is 0.333. The topological polar surface area (TPSA) is 135 Å². The standard InChI is InChI=1S/C51H53ClN9O4P/c1-65-46-29-38(17-18-42(46)55-51-53-30-41(52)49(57-51)54-43-9-4-5-10-47(43)66(2)3)59-23-21-37(22-24-59)60-27-25-58(26-28-60)31-35-13-11-34(12-14-35)15-16-36-7-6-8-39-40(36)32-61(45(39)33-62)44-19-20-48(63)56-50(44)64/h4-14,17-18,29-30,37,44H,19-28,31-32H2,1-3H3,(H,56,63,64)(H2,53,54,55,57). The van der Waals surface area contributed by atoms with Crippen LogP contribution in [0, 0.1) is 11.8 Å². The molecule has 0 aliphatic carbocycles. The van der Waals surface area contributed by atoms with Gasteiger partial charge in [-0.15, -0.1) is 0 Å². The van der Waals surface area contributed by atoms with E-state index in [0.717, 1.165) is 104 Å². The third kappa shape index (κ3) is 9.95. The maximum atomic E-state index is 12.6. The number of amides is 2. The van der Waals surface area contributed by atoms with Crippen molar-refractivity contribution in [1.82, 2.24) is 30.0 Å². The molecule has 13 nitrogen and oxygen atoms in total. The van der Waals surface area contributed by atoms with Crippen LogP contribution in [0.2, 0.25) is 5.02 Å². The van der Waals surface area contributed by atoms with Crippen molar-refractivity contribution >= 4 is 77.1 Å². The molecule has 5 aromatic rings. The van der Waals surface area contributed by atoms with Gasteiger partial charge >= 0.3 is 0 Å². The molecule has 4 aliphatic rings. The summed E-state index contributed by atoms with van der Waals surface area (Å²) in [7, 11) is 1.37. The fourth-order valence-corrected chi connectivity index (χ4v) is 10.6. The number of nitrogens with one attached hydrogen (secondary N) is 3. The minimum absolute atomic E-state index is 0.238. The summed E-state index contributed by atoms with van der Waals surface area (Å²) in [6.45, 7) is 11.8. The van der Waals surface area contributed by atoms with Crippen LogP contribution in [0.4, 0.5) is 28.8 Å². The van der Waals surface area contributed by atoms with Crippen LogP contribution in [0.1, 0.15) is 53.5 Å². The number of fused-ring (bicyclic) bond motifs is 1. The fourth-order valence-electron chi connectivity index (χ4n) is 9.44. The summed E-state index contributed by atoms with van der Waals surface area (Å²) in [6, 6.07) is 28.6. The van der Waals surface area contributed by atoms with Gasteiger partial charge in [0, 0.05) is 99.0 Å². The van der Waals surface area contributed by atoms with Crippen LogP contribution in [-0.2, 0) is 27.5 Å². The number of para-hydroxylation sites is 1. The van der Waals surface area contributed by atoms with E-state index in [1.54, 1.807) is 18.2 Å². The van der Waals surface area contributed by atoms with Crippen LogP contribution < -0.4 is 30.9 Å². The van der Waals surface area contributed by atoms with Gasteiger partial charge in [0.2, 0.25) is 17.8 Å². The van der Waals surface area contributed by atoms with Gasteiger partial charge in [-0.3, -0.25) is 24.7 Å². The maximum absolute atomic E-state index is 12.6. The van der Waals surface area contributed by atoms with Gasteiger partial charge in [0.05, 0.1) is 19.0 Å². The molecule has 15 heteroatoms. The van der Waals surface area contributed by atoms with Crippen molar-refractivity contribution in [2.75, 3.05) is 75.2 Å². The smallest absolute Gasteiger partial charge is 0.249 e. The molecule has 0 spiro atoms. The number of benzene rings is 4. The summed E-state index contributed by atoms with van der Waals surface area (Å²) in [4.78, 5) is 55.0. The van der Waals surface area contributed by atoms with Gasteiger partial charge in [-0.1, -0.05) is 73.8 Å². The molecule has 0 saturated carbocycles. The molecule has 5 heterocycles. The van der Waals surface area contributed by atoms with Crippen LogP contribution in [0.25, 0.3) is 5.70 Å². The quantitative estimate of drug-likeness (QED) is 0.0547. The molecule has 0 bridgehead atoms. The van der Waals surface area contributed by atoms with E-state index in [1.165, 1.54) is 10.9 Å². The van der Waals surface area contributed by atoms with Gasteiger partial charge in [0.25, 0.3) is 0 Å². The first-order valence-corrected chi connectivity index (χ1v) is 25.1. The first-order chi connectivity index (χ1) is 32.1. The highest BCUT2D eigenvalue weighted by atomic mass is 35.5. The number of rotatable bonds is 11. The lowest BCUT2D eigenvalue weighted by molar-refractivity contribution is -0.136. The van der Waals surface area contributed by atoms with E-state index in [0.29, 0.717) is 41.5 Å². The lowest BCUT2D eigenvalue weighted by Gasteiger charge is -2.43.